The number of halogens is 4. The molecule has 0 amide bonds. The van der Waals surface area contributed by atoms with Gasteiger partial charge in [-0.05, 0) is 19.1 Å². The Morgan fingerprint density at radius 1 is 1.11 bits per heavy atom. The SMILES string of the molecule is CC.Cc1nn(-c2ccccc2F)cc1C(F)(F)F. The molecule has 0 saturated carbocycles. The van der Waals surface area contributed by atoms with Gasteiger partial charge in [0.2, 0.25) is 0 Å². The van der Waals surface area contributed by atoms with E-state index in [1.807, 2.05) is 13.8 Å². The van der Waals surface area contributed by atoms with E-state index in [9.17, 15) is 17.6 Å². The first-order valence-electron chi connectivity index (χ1n) is 5.78. The Morgan fingerprint density at radius 3 is 2.16 bits per heavy atom. The Labute approximate surface area is 108 Å². The number of rotatable bonds is 1. The summed E-state index contributed by atoms with van der Waals surface area (Å²) >= 11 is 0. The van der Waals surface area contributed by atoms with Crippen molar-refractivity contribution < 1.29 is 17.6 Å². The van der Waals surface area contributed by atoms with E-state index in [0.29, 0.717) is 0 Å². The predicted octanol–water partition coefficient (Wildman–Crippen LogP) is 4.36. The van der Waals surface area contributed by atoms with Crippen molar-refractivity contribution in [3.05, 3.63) is 47.5 Å². The molecule has 0 aliphatic heterocycles. The number of aromatic nitrogens is 2. The van der Waals surface area contributed by atoms with Gasteiger partial charge in [-0.25, -0.2) is 9.07 Å². The topological polar surface area (TPSA) is 17.8 Å². The van der Waals surface area contributed by atoms with Crippen LogP contribution in [-0.2, 0) is 6.18 Å². The van der Waals surface area contributed by atoms with E-state index in [0.717, 1.165) is 10.9 Å². The van der Waals surface area contributed by atoms with Crippen LogP contribution >= 0.6 is 0 Å². The molecule has 0 N–H and O–H groups in total. The van der Waals surface area contributed by atoms with Crippen LogP contribution in [0.25, 0.3) is 5.69 Å². The molecule has 2 aromatic rings. The smallest absolute Gasteiger partial charge is 0.237 e. The maximum atomic E-state index is 13.4. The Hall–Kier alpha value is -1.85. The van der Waals surface area contributed by atoms with E-state index in [1.54, 1.807) is 0 Å². The fourth-order valence-electron chi connectivity index (χ4n) is 1.50. The number of hydrogen-bond acceptors (Lipinski definition) is 1. The molecule has 0 radical (unpaired) electrons. The highest BCUT2D eigenvalue weighted by Gasteiger charge is 2.34. The number of aryl methyl sites for hydroxylation is 1. The van der Waals surface area contributed by atoms with Crippen molar-refractivity contribution in [2.45, 2.75) is 26.9 Å². The summed E-state index contributed by atoms with van der Waals surface area (Å²) in [6.07, 6.45) is -3.69. The molecule has 0 saturated heterocycles. The molecule has 104 valence electrons. The van der Waals surface area contributed by atoms with E-state index in [4.69, 9.17) is 0 Å². The van der Waals surface area contributed by atoms with Gasteiger partial charge in [-0.1, -0.05) is 26.0 Å². The van der Waals surface area contributed by atoms with Crippen LogP contribution in [-0.4, -0.2) is 9.78 Å². The largest absolute Gasteiger partial charge is 0.419 e. The molecule has 1 aromatic carbocycles. The fraction of sp³-hybridized carbons (Fsp3) is 0.308. The Kier molecular flexibility index (Phi) is 4.69. The Morgan fingerprint density at radius 2 is 1.68 bits per heavy atom. The molecule has 0 aliphatic rings. The van der Waals surface area contributed by atoms with E-state index in [2.05, 4.69) is 5.10 Å². The molecule has 1 aromatic heterocycles. The number of benzene rings is 1. The highest BCUT2D eigenvalue weighted by atomic mass is 19.4. The summed E-state index contributed by atoms with van der Waals surface area (Å²) in [7, 11) is 0. The van der Waals surface area contributed by atoms with Crippen molar-refractivity contribution in [1.29, 1.82) is 0 Å². The van der Waals surface area contributed by atoms with Crippen LogP contribution in [0.1, 0.15) is 25.1 Å². The zero-order valence-electron chi connectivity index (χ0n) is 10.8. The molecular formula is C13H14F4N2. The van der Waals surface area contributed by atoms with Crippen LogP contribution < -0.4 is 0 Å². The summed E-state index contributed by atoms with van der Waals surface area (Å²) in [5.41, 5.74) is -1.05. The van der Waals surface area contributed by atoms with Gasteiger partial charge in [0.05, 0.1) is 11.3 Å². The monoisotopic (exact) mass is 274 g/mol. The van der Waals surface area contributed by atoms with Crippen molar-refractivity contribution in [3.8, 4) is 5.69 Å². The van der Waals surface area contributed by atoms with E-state index < -0.39 is 17.6 Å². The Balaban J connectivity index is 0.000000861. The van der Waals surface area contributed by atoms with Crippen molar-refractivity contribution in [2.75, 3.05) is 0 Å². The third-order valence-electron chi connectivity index (χ3n) is 2.30. The second kappa shape index (κ2) is 5.86. The first kappa shape index (κ1) is 15.2. The van der Waals surface area contributed by atoms with Crippen LogP contribution in [0.15, 0.2) is 30.5 Å². The second-order valence-corrected chi connectivity index (χ2v) is 3.52. The Bertz CT molecular complexity index is 544. The predicted molar refractivity (Wildman–Crippen MR) is 64.6 cm³/mol. The van der Waals surface area contributed by atoms with Crippen LogP contribution in [0, 0.1) is 12.7 Å². The van der Waals surface area contributed by atoms with Gasteiger partial charge >= 0.3 is 6.18 Å². The average molecular weight is 274 g/mol. The number of nitrogens with zero attached hydrogens (tertiary/aromatic N) is 2. The van der Waals surface area contributed by atoms with Gasteiger partial charge < -0.3 is 0 Å². The first-order chi connectivity index (χ1) is 8.89. The molecule has 6 heteroatoms. The van der Waals surface area contributed by atoms with Crippen molar-refractivity contribution in [2.24, 2.45) is 0 Å². The minimum atomic E-state index is -4.48. The molecule has 2 nitrogen and oxygen atoms in total. The summed E-state index contributed by atoms with van der Waals surface area (Å²) < 4.78 is 51.9. The summed E-state index contributed by atoms with van der Waals surface area (Å²) in [6, 6.07) is 5.52. The number of hydrogen-bond donors (Lipinski definition) is 0. The van der Waals surface area contributed by atoms with E-state index >= 15 is 0 Å². The minimum Gasteiger partial charge on any atom is -0.237 e. The van der Waals surface area contributed by atoms with Crippen LogP contribution in [0.5, 0.6) is 0 Å². The van der Waals surface area contributed by atoms with Gasteiger partial charge in [-0.2, -0.15) is 18.3 Å². The quantitative estimate of drug-likeness (QED) is 0.706. The van der Waals surface area contributed by atoms with Crippen LogP contribution in [0.2, 0.25) is 0 Å². The highest BCUT2D eigenvalue weighted by Crippen LogP contribution is 2.31. The minimum absolute atomic E-state index is 0.00824. The molecule has 0 aliphatic carbocycles. The molecule has 0 fully saturated rings. The molecule has 19 heavy (non-hydrogen) atoms. The van der Waals surface area contributed by atoms with Gasteiger partial charge in [-0.3, -0.25) is 0 Å². The highest BCUT2D eigenvalue weighted by molar-refractivity contribution is 5.34. The average Bonchev–Trinajstić information content (AvgIpc) is 2.74. The maximum Gasteiger partial charge on any atom is 0.419 e. The molecule has 0 unspecified atom stereocenters. The molecule has 0 bridgehead atoms. The zero-order valence-corrected chi connectivity index (χ0v) is 10.8. The summed E-state index contributed by atoms with van der Waals surface area (Å²) in [5, 5.41) is 3.66. The van der Waals surface area contributed by atoms with Crippen molar-refractivity contribution in [3.63, 3.8) is 0 Å². The van der Waals surface area contributed by atoms with Crippen LogP contribution in [0.3, 0.4) is 0 Å². The maximum absolute atomic E-state index is 13.4. The van der Waals surface area contributed by atoms with Crippen molar-refractivity contribution >= 4 is 0 Å². The second-order valence-electron chi connectivity index (χ2n) is 3.52. The zero-order chi connectivity index (χ0) is 14.6. The molecule has 2 rings (SSSR count). The molecule has 1 heterocycles. The van der Waals surface area contributed by atoms with Crippen LogP contribution in [0.4, 0.5) is 17.6 Å². The first-order valence-corrected chi connectivity index (χ1v) is 5.78. The van der Waals surface area contributed by atoms with Crippen molar-refractivity contribution in [1.82, 2.24) is 9.78 Å². The third-order valence-corrected chi connectivity index (χ3v) is 2.30. The van der Waals surface area contributed by atoms with Gasteiger partial charge in [0, 0.05) is 6.20 Å². The van der Waals surface area contributed by atoms with E-state index in [-0.39, 0.29) is 11.4 Å². The lowest BCUT2D eigenvalue weighted by molar-refractivity contribution is -0.138. The lowest BCUT2D eigenvalue weighted by Gasteiger charge is -2.03. The third kappa shape index (κ3) is 3.33. The molecule has 0 atom stereocenters. The standard InChI is InChI=1S/C11H8F4N2.C2H6/c1-7-8(11(13,14)15)6-17(16-7)10-5-3-2-4-9(10)12;1-2/h2-6H,1H3;1-2H3. The normalized spacial score (nSPS) is 10.9. The van der Waals surface area contributed by atoms with E-state index in [1.165, 1.54) is 31.2 Å². The number of para-hydroxylation sites is 1. The summed E-state index contributed by atoms with van der Waals surface area (Å²) in [5.74, 6) is -0.622. The lowest BCUT2D eigenvalue weighted by Crippen LogP contribution is -2.05. The fourth-order valence-corrected chi connectivity index (χ4v) is 1.50. The lowest BCUT2D eigenvalue weighted by atomic mass is 10.2. The van der Waals surface area contributed by atoms with Gasteiger partial charge in [0.25, 0.3) is 0 Å². The summed E-state index contributed by atoms with van der Waals surface area (Å²) in [4.78, 5) is 0. The summed E-state index contributed by atoms with van der Waals surface area (Å²) in [6.45, 7) is 5.24. The number of alkyl halides is 3. The van der Waals surface area contributed by atoms with Gasteiger partial charge in [0.1, 0.15) is 11.5 Å². The molecular weight excluding hydrogens is 260 g/mol. The molecule has 0 spiro atoms. The van der Waals surface area contributed by atoms with Gasteiger partial charge in [0.15, 0.2) is 0 Å². The van der Waals surface area contributed by atoms with Gasteiger partial charge in [-0.15, -0.1) is 0 Å².